The number of nitrogens with one attached hydrogen (secondary N) is 2. The Morgan fingerprint density at radius 3 is 2.74 bits per heavy atom. The van der Waals surface area contributed by atoms with Gasteiger partial charge in [0.1, 0.15) is 0 Å². The first-order chi connectivity index (χ1) is 11.1. The summed E-state index contributed by atoms with van der Waals surface area (Å²) < 4.78 is 0. The van der Waals surface area contributed by atoms with Gasteiger partial charge in [-0.25, -0.2) is 4.99 Å². The highest BCUT2D eigenvalue weighted by Gasteiger charge is 2.18. The lowest BCUT2D eigenvalue weighted by atomic mass is 10.00. The van der Waals surface area contributed by atoms with E-state index in [1.54, 1.807) is 0 Å². The van der Waals surface area contributed by atoms with Gasteiger partial charge in [0.25, 0.3) is 0 Å². The minimum Gasteiger partial charge on any atom is -0.357 e. The average Bonchev–Trinajstić information content (AvgIpc) is 2.52. The lowest BCUT2D eigenvalue weighted by Crippen LogP contribution is -2.45. The number of likely N-dealkylation sites (tertiary alicyclic amines) is 1. The van der Waals surface area contributed by atoms with Gasteiger partial charge in [0, 0.05) is 32.2 Å². The van der Waals surface area contributed by atoms with Gasteiger partial charge in [0.2, 0.25) is 5.91 Å². The summed E-state index contributed by atoms with van der Waals surface area (Å²) in [6.07, 6.45) is 2.45. The normalized spacial score (nSPS) is 16.3. The molecule has 126 valence electrons. The predicted octanol–water partition coefficient (Wildman–Crippen LogP) is 2.84. The largest absolute Gasteiger partial charge is 0.357 e. The van der Waals surface area contributed by atoms with Gasteiger partial charge >= 0.3 is 0 Å². The molecule has 0 radical (unpaired) electrons. The van der Waals surface area contributed by atoms with E-state index in [0.717, 1.165) is 42.8 Å². The van der Waals surface area contributed by atoms with Crippen molar-refractivity contribution >= 4 is 17.6 Å². The molecule has 1 fully saturated rings. The van der Waals surface area contributed by atoms with Crippen LogP contribution < -0.4 is 10.6 Å². The van der Waals surface area contributed by atoms with Gasteiger partial charge in [-0.05, 0) is 43.4 Å². The van der Waals surface area contributed by atoms with Gasteiger partial charge in [-0.1, -0.05) is 19.1 Å². The number of anilines is 1. The Morgan fingerprint density at radius 1 is 1.35 bits per heavy atom. The van der Waals surface area contributed by atoms with Crippen molar-refractivity contribution in [2.45, 2.75) is 40.2 Å². The molecule has 1 saturated heterocycles. The number of benzene rings is 1. The van der Waals surface area contributed by atoms with Crippen LogP contribution in [0.2, 0.25) is 0 Å². The summed E-state index contributed by atoms with van der Waals surface area (Å²) >= 11 is 0. The van der Waals surface area contributed by atoms with E-state index in [1.165, 1.54) is 19.8 Å². The smallest absolute Gasteiger partial charge is 0.221 e. The molecule has 0 atom stereocenters. The van der Waals surface area contributed by atoms with E-state index < -0.39 is 0 Å². The Bertz CT molecular complexity index is 548. The number of carbonyl (C=O) groups excluding carboxylic acids is 1. The Balaban J connectivity index is 2.03. The number of rotatable bonds is 4. The zero-order valence-electron chi connectivity index (χ0n) is 14.4. The Hall–Kier alpha value is -2.04. The summed E-state index contributed by atoms with van der Waals surface area (Å²) in [5, 5.41) is 6.20. The molecule has 1 aliphatic rings. The molecule has 0 aliphatic carbocycles. The van der Waals surface area contributed by atoms with Crippen LogP contribution in [0.5, 0.6) is 0 Å². The molecule has 0 unspecified atom stereocenters. The highest BCUT2D eigenvalue weighted by molar-refractivity contribution is 5.88. The van der Waals surface area contributed by atoms with E-state index in [1.807, 2.05) is 24.3 Å². The number of piperidine rings is 1. The quantitative estimate of drug-likeness (QED) is 0.663. The van der Waals surface area contributed by atoms with Crippen LogP contribution in [-0.2, 0) is 11.3 Å². The number of hydrogen-bond acceptors (Lipinski definition) is 2. The molecule has 2 rings (SSSR count). The lowest BCUT2D eigenvalue weighted by molar-refractivity contribution is -0.114. The molecule has 1 aliphatic heterocycles. The third-order valence-electron chi connectivity index (χ3n) is 4.08. The van der Waals surface area contributed by atoms with Crippen molar-refractivity contribution in [1.82, 2.24) is 10.2 Å². The van der Waals surface area contributed by atoms with Gasteiger partial charge in [-0.2, -0.15) is 0 Å². The molecular weight excluding hydrogens is 288 g/mol. The molecule has 1 heterocycles. The van der Waals surface area contributed by atoms with Crippen molar-refractivity contribution < 1.29 is 4.79 Å². The van der Waals surface area contributed by atoms with E-state index in [2.05, 4.69) is 29.4 Å². The van der Waals surface area contributed by atoms with Crippen molar-refractivity contribution in [2.24, 2.45) is 10.9 Å². The molecule has 1 aromatic rings. The third-order valence-corrected chi connectivity index (χ3v) is 4.08. The summed E-state index contributed by atoms with van der Waals surface area (Å²) in [5.41, 5.74) is 1.92. The minimum atomic E-state index is -0.0542. The molecule has 23 heavy (non-hydrogen) atoms. The molecule has 1 aromatic carbocycles. The first kappa shape index (κ1) is 17.3. The second-order valence-corrected chi connectivity index (χ2v) is 6.22. The molecule has 2 N–H and O–H groups in total. The molecule has 0 bridgehead atoms. The summed E-state index contributed by atoms with van der Waals surface area (Å²) in [7, 11) is 0. The Morgan fingerprint density at radius 2 is 2.09 bits per heavy atom. The molecular formula is C18H28N4O. The molecule has 0 spiro atoms. The van der Waals surface area contributed by atoms with Crippen molar-refractivity contribution in [3.8, 4) is 0 Å². The van der Waals surface area contributed by atoms with Crippen molar-refractivity contribution in [2.75, 3.05) is 25.0 Å². The number of amides is 1. The van der Waals surface area contributed by atoms with Crippen LogP contribution in [0.25, 0.3) is 0 Å². The summed E-state index contributed by atoms with van der Waals surface area (Å²) in [5.74, 6) is 1.74. The van der Waals surface area contributed by atoms with Gasteiger partial charge < -0.3 is 15.5 Å². The SMILES string of the molecule is CCNC(=NCc1cccc(NC(C)=O)c1)N1CCC(C)CC1. The zero-order chi connectivity index (χ0) is 16.7. The van der Waals surface area contributed by atoms with Gasteiger partial charge in [-0.15, -0.1) is 0 Å². The van der Waals surface area contributed by atoms with E-state index in [9.17, 15) is 4.79 Å². The van der Waals surface area contributed by atoms with Crippen LogP contribution in [0.15, 0.2) is 29.3 Å². The highest BCUT2D eigenvalue weighted by Crippen LogP contribution is 2.16. The molecule has 5 heteroatoms. The Kier molecular flexibility index (Phi) is 6.44. The second kappa shape index (κ2) is 8.56. The van der Waals surface area contributed by atoms with Crippen molar-refractivity contribution in [3.05, 3.63) is 29.8 Å². The van der Waals surface area contributed by atoms with E-state index >= 15 is 0 Å². The van der Waals surface area contributed by atoms with Crippen LogP contribution >= 0.6 is 0 Å². The Labute approximate surface area is 139 Å². The first-order valence-corrected chi connectivity index (χ1v) is 8.48. The topological polar surface area (TPSA) is 56.7 Å². The monoisotopic (exact) mass is 316 g/mol. The van der Waals surface area contributed by atoms with Crippen LogP contribution in [0.3, 0.4) is 0 Å². The maximum absolute atomic E-state index is 11.2. The number of aliphatic imine (C=N–C) groups is 1. The fourth-order valence-corrected chi connectivity index (χ4v) is 2.76. The summed E-state index contributed by atoms with van der Waals surface area (Å²) in [6.45, 7) is 9.55. The van der Waals surface area contributed by atoms with Crippen LogP contribution in [0.4, 0.5) is 5.69 Å². The number of hydrogen-bond donors (Lipinski definition) is 2. The highest BCUT2D eigenvalue weighted by atomic mass is 16.1. The zero-order valence-corrected chi connectivity index (χ0v) is 14.4. The van der Waals surface area contributed by atoms with Crippen molar-refractivity contribution in [1.29, 1.82) is 0 Å². The summed E-state index contributed by atoms with van der Waals surface area (Å²) in [6, 6.07) is 7.86. The number of nitrogens with zero attached hydrogens (tertiary/aromatic N) is 2. The van der Waals surface area contributed by atoms with E-state index in [0.29, 0.717) is 6.54 Å². The predicted molar refractivity (Wildman–Crippen MR) is 95.5 cm³/mol. The lowest BCUT2D eigenvalue weighted by Gasteiger charge is -2.33. The fraction of sp³-hybridized carbons (Fsp3) is 0.556. The first-order valence-electron chi connectivity index (χ1n) is 8.48. The van der Waals surface area contributed by atoms with Crippen LogP contribution in [-0.4, -0.2) is 36.4 Å². The second-order valence-electron chi connectivity index (χ2n) is 6.22. The van der Waals surface area contributed by atoms with Gasteiger partial charge in [-0.3, -0.25) is 4.79 Å². The standard InChI is InChI=1S/C18H28N4O/c1-4-19-18(22-10-8-14(2)9-11-22)20-13-16-6-5-7-17(12-16)21-15(3)23/h5-7,12,14H,4,8-11,13H2,1-3H3,(H,19,20)(H,21,23). The maximum Gasteiger partial charge on any atom is 0.221 e. The average molecular weight is 316 g/mol. The molecule has 0 aromatic heterocycles. The molecule has 1 amide bonds. The van der Waals surface area contributed by atoms with E-state index in [4.69, 9.17) is 4.99 Å². The number of guanidine groups is 1. The van der Waals surface area contributed by atoms with Crippen LogP contribution in [0, 0.1) is 5.92 Å². The maximum atomic E-state index is 11.2. The van der Waals surface area contributed by atoms with Gasteiger partial charge in [0.05, 0.1) is 6.54 Å². The molecule has 0 saturated carbocycles. The fourth-order valence-electron chi connectivity index (χ4n) is 2.76. The summed E-state index contributed by atoms with van der Waals surface area (Å²) in [4.78, 5) is 18.3. The van der Waals surface area contributed by atoms with Gasteiger partial charge in [0.15, 0.2) is 5.96 Å². The molecule has 5 nitrogen and oxygen atoms in total. The van der Waals surface area contributed by atoms with Crippen molar-refractivity contribution in [3.63, 3.8) is 0 Å². The third kappa shape index (κ3) is 5.58. The van der Waals surface area contributed by atoms with Crippen LogP contribution in [0.1, 0.15) is 39.2 Å². The van der Waals surface area contributed by atoms with E-state index in [-0.39, 0.29) is 5.91 Å². The number of carbonyl (C=O) groups is 1. The minimum absolute atomic E-state index is 0.0542.